The Hall–Kier alpha value is -0.770. The first-order valence-electron chi connectivity index (χ1n) is 5.09. The van der Waals surface area contributed by atoms with Crippen molar-refractivity contribution in [1.29, 1.82) is 0 Å². The second-order valence-corrected chi connectivity index (χ2v) is 4.40. The fourth-order valence-corrected chi connectivity index (χ4v) is 1.78. The summed E-state index contributed by atoms with van der Waals surface area (Å²) in [5.41, 5.74) is 0. The molecule has 0 aliphatic rings. The van der Waals surface area contributed by atoms with Crippen molar-refractivity contribution in [3.63, 3.8) is 0 Å². The number of unbranched alkanes of at least 4 members (excludes halogenated alkanes) is 1. The number of Topliss-reactive ketones (excluding diaryl/α,β-unsaturated/α-hetero) is 1. The molecule has 0 spiro atoms. The molecule has 0 aromatic carbocycles. The van der Waals surface area contributed by atoms with Crippen LogP contribution in [-0.4, -0.2) is 28.4 Å². The van der Waals surface area contributed by atoms with Crippen LogP contribution in [0.25, 0.3) is 0 Å². The fraction of sp³-hybridized carbons (Fsp3) is 0.636. The third-order valence-corrected chi connectivity index (χ3v) is 2.82. The van der Waals surface area contributed by atoms with Crippen molar-refractivity contribution in [1.82, 2.24) is 0 Å². The summed E-state index contributed by atoms with van der Waals surface area (Å²) >= 11 is 1.69. The molecule has 3 nitrogen and oxygen atoms in total. The van der Waals surface area contributed by atoms with E-state index >= 15 is 0 Å². The van der Waals surface area contributed by atoms with Crippen LogP contribution in [0.2, 0.25) is 0 Å². The molecule has 0 amide bonds. The van der Waals surface area contributed by atoms with E-state index in [1.807, 2.05) is 6.08 Å². The van der Waals surface area contributed by atoms with E-state index in [9.17, 15) is 9.59 Å². The lowest BCUT2D eigenvalue weighted by atomic mass is 10.1. The fourth-order valence-electron chi connectivity index (χ4n) is 1.08. The number of hydrogen-bond donors (Lipinski definition) is 1. The average Bonchev–Trinajstić information content (AvgIpc) is 2.19. The largest absolute Gasteiger partial charge is 0.481 e. The van der Waals surface area contributed by atoms with Gasteiger partial charge in [-0.3, -0.25) is 9.59 Å². The lowest BCUT2D eigenvalue weighted by molar-refractivity contribution is -0.137. The average molecular weight is 230 g/mol. The molecule has 86 valence electrons. The Morgan fingerprint density at radius 3 is 2.47 bits per heavy atom. The van der Waals surface area contributed by atoms with Crippen molar-refractivity contribution >= 4 is 23.5 Å². The van der Waals surface area contributed by atoms with E-state index in [2.05, 4.69) is 6.58 Å². The highest BCUT2D eigenvalue weighted by Crippen LogP contribution is 2.07. The zero-order chi connectivity index (χ0) is 11.5. The first-order valence-corrected chi connectivity index (χ1v) is 6.24. The minimum atomic E-state index is -0.788. The normalized spacial score (nSPS) is 9.87. The number of carbonyl (C=O) groups excluding carboxylic acids is 1. The van der Waals surface area contributed by atoms with Gasteiger partial charge < -0.3 is 5.11 Å². The van der Waals surface area contributed by atoms with Crippen molar-refractivity contribution in [3.05, 3.63) is 12.7 Å². The van der Waals surface area contributed by atoms with E-state index in [0.29, 0.717) is 25.7 Å². The third-order valence-electron chi connectivity index (χ3n) is 1.86. The van der Waals surface area contributed by atoms with E-state index in [1.54, 1.807) is 11.8 Å². The van der Waals surface area contributed by atoms with Crippen LogP contribution in [0.3, 0.4) is 0 Å². The molecule has 0 aliphatic heterocycles. The van der Waals surface area contributed by atoms with Crippen LogP contribution in [0.5, 0.6) is 0 Å². The van der Waals surface area contributed by atoms with Crippen molar-refractivity contribution in [3.8, 4) is 0 Å². The Balaban J connectivity index is 3.25. The predicted molar refractivity (Wildman–Crippen MR) is 63.2 cm³/mol. The lowest BCUT2D eigenvalue weighted by Gasteiger charge is -1.99. The third kappa shape index (κ3) is 11.2. The van der Waals surface area contributed by atoms with Gasteiger partial charge in [0.2, 0.25) is 0 Å². The summed E-state index contributed by atoms with van der Waals surface area (Å²) in [7, 11) is 0. The molecule has 1 N–H and O–H groups in total. The summed E-state index contributed by atoms with van der Waals surface area (Å²) in [5, 5.41) is 8.38. The highest BCUT2D eigenvalue weighted by atomic mass is 32.2. The number of hydrogen-bond acceptors (Lipinski definition) is 3. The first kappa shape index (κ1) is 14.2. The van der Waals surface area contributed by atoms with Gasteiger partial charge in [-0.1, -0.05) is 6.08 Å². The zero-order valence-corrected chi connectivity index (χ0v) is 9.72. The number of thioether (sulfide) groups is 1. The number of carboxylic acid groups (broad SMARTS) is 1. The van der Waals surface area contributed by atoms with Crippen molar-refractivity contribution < 1.29 is 14.7 Å². The maximum atomic E-state index is 11.3. The molecule has 0 bridgehead atoms. The van der Waals surface area contributed by atoms with Gasteiger partial charge in [0.15, 0.2) is 0 Å². The van der Waals surface area contributed by atoms with Crippen LogP contribution >= 0.6 is 11.8 Å². The maximum absolute atomic E-state index is 11.3. The van der Waals surface area contributed by atoms with Crippen molar-refractivity contribution in [2.75, 3.05) is 11.5 Å². The zero-order valence-electron chi connectivity index (χ0n) is 8.91. The molecule has 0 saturated carbocycles. The quantitative estimate of drug-likeness (QED) is 0.463. The van der Waals surface area contributed by atoms with E-state index < -0.39 is 5.97 Å². The molecule has 0 aromatic rings. The Kier molecular flexibility index (Phi) is 9.27. The monoisotopic (exact) mass is 230 g/mol. The number of carboxylic acids is 1. The highest BCUT2D eigenvalue weighted by molar-refractivity contribution is 7.99. The summed E-state index contributed by atoms with van der Waals surface area (Å²) in [4.78, 5) is 21.5. The second kappa shape index (κ2) is 9.77. The van der Waals surface area contributed by atoms with Crippen LogP contribution in [-0.2, 0) is 9.59 Å². The SMILES string of the molecule is C=CCSCCC(=O)CCCCC(=O)O. The summed E-state index contributed by atoms with van der Waals surface area (Å²) < 4.78 is 0. The summed E-state index contributed by atoms with van der Waals surface area (Å²) in [6.45, 7) is 3.59. The maximum Gasteiger partial charge on any atom is 0.303 e. The highest BCUT2D eigenvalue weighted by Gasteiger charge is 2.02. The molecular formula is C11H18O3S. The molecule has 15 heavy (non-hydrogen) atoms. The lowest BCUT2D eigenvalue weighted by Crippen LogP contribution is -2.01. The van der Waals surface area contributed by atoms with Gasteiger partial charge >= 0.3 is 5.97 Å². The number of carbonyl (C=O) groups is 2. The van der Waals surface area contributed by atoms with E-state index in [1.165, 1.54) is 0 Å². The summed E-state index contributed by atoms with van der Waals surface area (Å²) in [6.07, 6.45) is 4.38. The van der Waals surface area contributed by atoms with Crippen LogP contribution in [0.1, 0.15) is 32.1 Å². The Morgan fingerprint density at radius 2 is 1.87 bits per heavy atom. The van der Waals surface area contributed by atoms with Gasteiger partial charge in [0.1, 0.15) is 5.78 Å². The molecule has 0 aromatic heterocycles. The van der Waals surface area contributed by atoms with Gasteiger partial charge in [-0.05, 0) is 12.8 Å². The van der Waals surface area contributed by atoms with Gasteiger partial charge in [-0.15, -0.1) is 6.58 Å². The van der Waals surface area contributed by atoms with E-state index in [4.69, 9.17) is 5.11 Å². The minimum Gasteiger partial charge on any atom is -0.481 e. The van der Waals surface area contributed by atoms with Crippen molar-refractivity contribution in [2.24, 2.45) is 0 Å². The van der Waals surface area contributed by atoms with Crippen LogP contribution < -0.4 is 0 Å². The summed E-state index contributed by atoms with van der Waals surface area (Å²) in [5.74, 6) is 1.16. The molecule has 0 atom stereocenters. The Labute approximate surface area is 94.9 Å². The molecule has 0 saturated heterocycles. The van der Waals surface area contributed by atoms with Gasteiger partial charge in [0.25, 0.3) is 0 Å². The summed E-state index contributed by atoms with van der Waals surface area (Å²) in [6, 6.07) is 0. The van der Waals surface area contributed by atoms with Gasteiger partial charge in [-0.2, -0.15) is 11.8 Å². The number of rotatable bonds is 10. The topological polar surface area (TPSA) is 54.4 Å². The van der Waals surface area contributed by atoms with E-state index in [-0.39, 0.29) is 12.2 Å². The first-order chi connectivity index (χ1) is 7.16. The molecular weight excluding hydrogens is 212 g/mol. The molecule has 0 unspecified atom stereocenters. The molecule has 0 heterocycles. The van der Waals surface area contributed by atoms with Crippen LogP contribution in [0, 0.1) is 0 Å². The van der Waals surface area contributed by atoms with Gasteiger partial charge in [0.05, 0.1) is 0 Å². The molecule has 4 heteroatoms. The number of aliphatic carboxylic acids is 1. The van der Waals surface area contributed by atoms with Crippen LogP contribution in [0.4, 0.5) is 0 Å². The Morgan fingerprint density at radius 1 is 1.20 bits per heavy atom. The minimum absolute atomic E-state index is 0.165. The van der Waals surface area contributed by atoms with Crippen LogP contribution in [0.15, 0.2) is 12.7 Å². The van der Waals surface area contributed by atoms with E-state index in [0.717, 1.165) is 11.5 Å². The van der Waals surface area contributed by atoms with Gasteiger partial charge in [0, 0.05) is 30.8 Å². The predicted octanol–water partition coefficient (Wildman–Crippen LogP) is 2.51. The van der Waals surface area contributed by atoms with Gasteiger partial charge in [-0.25, -0.2) is 0 Å². The second-order valence-electron chi connectivity index (χ2n) is 3.25. The molecule has 0 rings (SSSR count). The molecule has 0 radical (unpaired) electrons. The van der Waals surface area contributed by atoms with Crippen molar-refractivity contribution in [2.45, 2.75) is 32.1 Å². The standard InChI is InChI=1S/C11H18O3S/c1-2-8-15-9-7-10(12)5-3-4-6-11(13)14/h2H,1,3-9H2,(H,13,14). The molecule has 0 aliphatic carbocycles. The molecule has 0 fully saturated rings. The smallest absolute Gasteiger partial charge is 0.303 e. The Bertz CT molecular complexity index is 214. The number of ketones is 1.